The van der Waals surface area contributed by atoms with E-state index in [0.717, 1.165) is 16.5 Å². The van der Waals surface area contributed by atoms with E-state index in [-0.39, 0.29) is 13.2 Å². The molecule has 2 aromatic rings. The van der Waals surface area contributed by atoms with Crippen LogP contribution < -0.4 is 0 Å². The Kier molecular flexibility index (Phi) is 3.58. The van der Waals surface area contributed by atoms with Gasteiger partial charge in [0.15, 0.2) is 0 Å². The topological polar surface area (TPSA) is 34.4 Å². The highest BCUT2D eigenvalue weighted by Gasteiger charge is 2.28. The number of hydrogen-bond donors (Lipinski definition) is 1. The second-order valence-electron chi connectivity index (χ2n) is 3.85. The van der Waals surface area contributed by atoms with Gasteiger partial charge < -0.3 is 9.67 Å². The van der Waals surface area contributed by atoms with Crippen LogP contribution in [0.5, 0.6) is 0 Å². The van der Waals surface area contributed by atoms with Crippen molar-refractivity contribution in [2.45, 2.75) is 19.5 Å². The van der Waals surface area contributed by atoms with Crippen molar-refractivity contribution in [1.29, 1.82) is 0 Å². The predicted octanol–water partition coefficient (Wildman–Crippen LogP) is 2.67. The number of ether oxygens (including phenoxy) is 1. The van der Waals surface area contributed by atoms with Gasteiger partial charge >= 0.3 is 6.36 Å². The van der Waals surface area contributed by atoms with Crippen LogP contribution in [0.25, 0.3) is 10.9 Å². The maximum atomic E-state index is 11.8. The Hall–Kier alpha value is -1.53. The van der Waals surface area contributed by atoms with Crippen molar-refractivity contribution >= 4 is 10.9 Å². The molecule has 6 heteroatoms. The van der Waals surface area contributed by atoms with Crippen molar-refractivity contribution in [3.05, 3.63) is 36.0 Å². The quantitative estimate of drug-likeness (QED) is 0.916. The second-order valence-corrected chi connectivity index (χ2v) is 3.85. The van der Waals surface area contributed by atoms with E-state index in [4.69, 9.17) is 5.11 Å². The molecule has 0 saturated heterocycles. The third-order valence-electron chi connectivity index (χ3n) is 2.62. The number of alkyl halides is 3. The van der Waals surface area contributed by atoms with Crippen LogP contribution in [-0.4, -0.2) is 22.6 Å². The predicted molar refractivity (Wildman–Crippen MR) is 59.9 cm³/mol. The van der Waals surface area contributed by atoms with E-state index in [1.165, 1.54) is 0 Å². The standard InChI is InChI=1S/C12H12F3NO2/c13-12(14,15)18-6-5-16-4-3-10-7-9(8-17)1-2-11(10)16/h1-4,7,17H,5-6,8H2. The highest BCUT2D eigenvalue weighted by Crippen LogP contribution is 2.19. The molecule has 0 unspecified atom stereocenters. The summed E-state index contributed by atoms with van der Waals surface area (Å²) in [5.74, 6) is 0. The zero-order chi connectivity index (χ0) is 13.2. The third-order valence-corrected chi connectivity index (χ3v) is 2.62. The Morgan fingerprint density at radius 1 is 1.22 bits per heavy atom. The normalized spacial score (nSPS) is 12.2. The fourth-order valence-electron chi connectivity index (χ4n) is 1.80. The van der Waals surface area contributed by atoms with E-state index in [2.05, 4.69) is 4.74 Å². The van der Waals surface area contributed by atoms with Crippen molar-refractivity contribution < 1.29 is 23.0 Å². The van der Waals surface area contributed by atoms with Gasteiger partial charge in [0.25, 0.3) is 0 Å². The molecule has 0 radical (unpaired) electrons. The summed E-state index contributed by atoms with van der Waals surface area (Å²) in [5.41, 5.74) is 1.59. The monoisotopic (exact) mass is 259 g/mol. The van der Waals surface area contributed by atoms with Crippen LogP contribution in [0, 0.1) is 0 Å². The smallest absolute Gasteiger partial charge is 0.392 e. The number of halogens is 3. The minimum Gasteiger partial charge on any atom is -0.392 e. The number of hydrogen-bond acceptors (Lipinski definition) is 2. The highest BCUT2D eigenvalue weighted by atomic mass is 19.4. The molecule has 3 nitrogen and oxygen atoms in total. The summed E-state index contributed by atoms with van der Waals surface area (Å²) in [7, 11) is 0. The average Bonchev–Trinajstić information content (AvgIpc) is 2.70. The van der Waals surface area contributed by atoms with Gasteiger partial charge in [-0.25, -0.2) is 0 Å². The first kappa shape index (κ1) is 12.9. The van der Waals surface area contributed by atoms with Crippen molar-refractivity contribution in [2.24, 2.45) is 0 Å². The maximum Gasteiger partial charge on any atom is 0.522 e. The lowest BCUT2D eigenvalue weighted by molar-refractivity contribution is -0.325. The molecule has 1 aromatic carbocycles. The first-order valence-corrected chi connectivity index (χ1v) is 5.39. The fourth-order valence-corrected chi connectivity index (χ4v) is 1.80. The van der Waals surface area contributed by atoms with Crippen LogP contribution in [-0.2, 0) is 17.9 Å². The zero-order valence-corrected chi connectivity index (χ0v) is 9.44. The van der Waals surface area contributed by atoms with Crippen molar-refractivity contribution in [3.8, 4) is 0 Å². The number of aromatic nitrogens is 1. The van der Waals surface area contributed by atoms with Crippen molar-refractivity contribution in [3.63, 3.8) is 0 Å². The van der Waals surface area contributed by atoms with E-state index in [1.54, 1.807) is 35.0 Å². The third kappa shape index (κ3) is 3.02. The molecule has 98 valence electrons. The number of benzene rings is 1. The molecule has 0 atom stereocenters. The molecular formula is C12H12F3NO2. The van der Waals surface area contributed by atoms with Crippen molar-refractivity contribution in [1.82, 2.24) is 4.57 Å². The number of aliphatic hydroxyl groups excluding tert-OH is 1. The molecule has 18 heavy (non-hydrogen) atoms. The Bertz CT molecular complexity index is 534. The molecule has 2 rings (SSSR count). The largest absolute Gasteiger partial charge is 0.522 e. The summed E-state index contributed by atoms with van der Waals surface area (Å²) in [4.78, 5) is 0. The molecule has 0 aliphatic heterocycles. The number of fused-ring (bicyclic) bond motifs is 1. The molecule has 0 saturated carbocycles. The lowest BCUT2D eigenvalue weighted by Crippen LogP contribution is -2.17. The average molecular weight is 259 g/mol. The summed E-state index contributed by atoms with van der Waals surface area (Å²) in [6.07, 6.45) is -2.89. The Morgan fingerprint density at radius 2 is 2.00 bits per heavy atom. The van der Waals surface area contributed by atoms with Gasteiger partial charge in [0.2, 0.25) is 0 Å². The molecule has 1 aromatic heterocycles. The molecule has 0 aliphatic carbocycles. The van der Waals surface area contributed by atoms with E-state index in [9.17, 15) is 13.2 Å². The van der Waals surface area contributed by atoms with Gasteiger partial charge in [-0.15, -0.1) is 13.2 Å². The second kappa shape index (κ2) is 4.99. The minimum absolute atomic E-state index is 0.0572. The van der Waals surface area contributed by atoms with E-state index in [1.807, 2.05) is 0 Å². The molecule has 0 amide bonds. The van der Waals surface area contributed by atoms with E-state index < -0.39 is 13.0 Å². The van der Waals surface area contributed by atoms with Crippen LogP contribution in [0.4, 0.5) is 13.2 Å². The molecule has 1 heterocycles. The first-order valence-electron chi connectivity index (χ1n) is 5.39. The molecular weight excluding hydrogens is 247 g/mol. The zero-order valence-electron chi connectivity index (χ0n) is 9.44. The Morgan fingerprint density at radius 3 is 2.67 bits per heavy atom. The number of rotatable bonds is 4. The van der Waals surface area contributed by atoms with Crippen LogP contribution in [0.2, 0.25) is 0 Å². The molecule has 0 fully saturated rings. The number of aliphatic hydroxyl groups is 1. The van der Waals surface area contributed by atoms with Crippen molar-refractivity contribution in [2.75, 3.05) is 6.61 Å². The first-order chi connectivity index (χ1) is 8.49. The summed E-state index contributed by atoms with van der Waals surface area (Å²) >= 11 is 0. The summed E-state index contributed by atoms with van der Waals surface area (Å²) in [6.45, 7) is -0.352. The van der Waals surface area contributed by atoms with Gasteiger partial charge in [0, 0.05) is 18.3 Å². The Labute approximate surface area is 101 Å². The lowest BCUT2D eigenvalue weighted by Gasteiger charge is -2.09. The molecule has 0 spiro atoms. The van der Waals surface area contributed by atoms with Crippen LogP contribution in [0.3, 0.4) is 0 Å². The molecule has 0 aliphatic rings. The SMILES string of the molecule is OCc1ccc2c(ccn2CCOC(F)(F)F)c1. The van der Waals surface area contributed by atoms with Gasteiger partial charge in [-0.05, 0) is 29.1 Å². The van der Waals surface area contributed by atoms with Gasteiger partial charge in [-0.2, -0.15) is 0 Å². The molecule has 1 N–H and O–H groups in total. The van der Waals surface area contributed by atoms with E-state index in [0.29, 0.717) is 0 Å². The summed E-state index contributed by atoms with van der Waals surface area (Å²) in [5, 5.41) is 9.87. The van der Waals surface area contributed by atoms with Crippen LogP contribution in [0.1, 0.15) is 5.56 Å². The van der Waals surface area contributed by atoms with Gasteiger partial charge in [0.1, 0.15) is 0 Å². The number of nitrogens with zero attached hydrogens (tertiary/aromatic N) is 1. The lowest BCUT2D eigenvalue weighted by atomic mass is 10.2. The maximum absolute atomic E-state index is 11.8. The van der Waals surface area contributed by atoms with Crippen LogP contribution in [0.15, 0.2) is 30.5 Å². The Balaban J connectivity index is 2.10. The van der Waals surface area contributed by atoms with Gasteiger partial charge in [0.05, 0.1) is 13.2 Å². The fraction of sp³-hybridized carbons (Fsp3) is 0.333. The highest BCUT2D eigenvalue weighted by molar-refractivity contribution is 5.80. The summed E-state index contributed by atoms with van der Waals surface area (Å²) in [6, 6.07) is 7.11. The molecule has 0 bridgehead atoms. The van der Waals surface area contributed by atoms with Crippen LogP contribution >= 0.6 is 0 Å². The van der Waals surface area contributed by atoms with Gasteiger partial charge in [-0.1, -0.05) is 6.07 Å². The summed E-state index contributed by atoms with van der Waals surface area (Å²) < 4.78 is 40.9. The van der Waals surface area contributed by atoms with E-state index >= 15 is 0 Å². The minimum atomic E-state index is -4.59. The van der Waals surface area contributed by atoms with Gasteiger partial charge in [-0.3, -0.25) is 4.74 Å².